The number of nitrogens with one attached hydrogen (secondary N) is 2. The van der Waals surface area contributed by atoms with Gasteiger partial charge in [-0.15, -0.1) is 0 Å². The van der Waals surface area contributed by atoms with Crippen LogP contribution in [0, 0.1) is 0 Å². The molecule has 0 aliphatic rings. The molecular weight excluding hydrogens is 262 g/mol. The van der Waals surface area contributed by atoms with Gasteiger partial charge in [0.15, 0.2) is 0 Å². The first-order valence-electron chi connectivity index (χ1n) is 5.74. The normalized spacial score (nSPS) is 10.0. The summed E-state index contributed by atoms with van der Waals surface area (Å²) in [6.07, 6.45) is 2.70. The smallest absolute Gasteiger partial charge is 0.325 e. The van der Waals surface area contributed by atoms with Crippen LogP contribution in [-0.2, 0) is 9.53 Å². The quantitative estimate of drug-likeness (QED) is 0.240. The Balaban J connectivity index is 2.38. The molecule has 0 saturated carbocycles. The van der Waals surface area contributed by atoms with Crippen LogP contribution in [0.5, 0.6) is 0 Å². The fraction of sp³-hybridized carbons (Fsp3) is 0.154. The van der Waals surface area contributed by atoms with Crippen LogP contribution < -0.4 is 10.6 Å². The first-order chi connectivity index (χ1) is 9.65. The number of rotatable bonds is 6. The van der Waals surface area contributed by atoms with Crippen LogP contribution in [0.4, 0.5) is 10.5 Å². The van der Waals surface area contributed by atoms with Gasteiger partial charge in [0.05, 0.1) is 6.21 Å². The standard InChI is InChI=1S/C13H15N3O4/c1-2-7-20-12(17)9-14-13(18)16-11-5-3-10(4-6-11)8-15-19/h2-6,8,19H,1,7,9H2,(H2,14,16,18). The molecule has 7 heteroatoms. The largest absolute Gasteiger partial charge is 0.460 e. The molecule has 0 aromatic heterocycles. The third kappa shape index (κ3) is 5.67. The Morgan fingerprint density at radius 2 is 2.05 bits per heavy atom. The molecule has 1 aromatic carbocycles. The lowest BCUT2D eigenvalue weighted by molar-refractivity contribution is -0.141. The number of anilines is 1. The second-order valence-corrected chi connectivity index (χ2v) is 3.65. The molecule has 0 aliphatic carbocycles. The first-order valence-corrected chi connectivity index (χ1v) is 5.74. The minimum atomic E-state index is -0.547. The maximum absolute atomic E-state index is 11.5. The Labute approximate surface area is 115 Å². The van der Waals surface area contributed by atoms with Crippen molar-refractivity contribution in [2.45, 2.75) is 0 Å². The Hall–Kier alpha value is -2.83. The van der Waals surface area contributed by atoms with E-state index in [1.165, 1.54) is 12.3 Å². The summed E-state index contributed by atoms with van der Waals surface area (Å²) < 4.78 is 4.70. The van der Waals surface area contributed by atoms with Crippen LogP contribution >= 0.6 is 0 Å². The van der Waals surface area contributed by atoms with Crippen molar-refractivity contribution in [2.24, 2.45) is 5.16 Å². The number of ether oxygens (including phenoxy) is 1. The molecule has 0 spiro atoms. The fourth-order valence-corrected chi connectivity index (χ4v) is 1.25. The van der Waals surface area contributed by atoms with Crippen molar-refractivity contribution in [3.05, 3.63) is 42.5 Å². The van der Waals surface area contributed by atoms with Gasteiger partial charge in [-0.1, -0.05) is 29.9 Å². The molecule has 0 heterocycles. The summed E-state index contributed by atoms with van der Waals surface area (Å²) in [6.45, 7) is 3.28. The molecule has 20 heavy (non-hydrogen) atoms. The molecule has 1 rings (SSSR count). The number of carbonyl (C=O) groups is 2. The Kier molecular flexibility index (Phi) is 6.32. The number of nitrogens with zero attached hydrogens (tertiary/aromatic N) is 1. The van der Waals surface area contributed by atoms with Gasteiger partial charge in [-0.05, 0) is 17.7 Å². The summed E-state index contributed by atoms with van der Waals surface area (Å²) in [5.74, 6) is -0.547. The molecule has 7 nitrogen and oxygen atoms in total. The number of benzene rings is 1. The minimum absolute atomic E-state index is 0.107. The number of esters is 1. The highest BCUT2D eigenvalue weighted by Gasteiger charge is 2.05. The van der Waals surface area contributed by atoms with Crippen LogP contribution in [0.2, 0.25) is 0 Å². The molecule has 1 aromatic rings. The molecule has 0 aliphatic heterocycles. The number of urea groups is 1. The highest BCUT2D eigenvalue weighted by molar-refractivity contribution is 5.91. The number of hydrogen-bond donors (Lipinski definition) is 3. The van der Waals surface area contributed by atoms with Gasteiger partial charge in [-0.25, -0.2) is 4.79 Å². The van der Waals surface area contributed by atoms with Gasteiger partial charge < -0.3 is 20.6 Å². The maximum Gasteiger partial charge on any atom is 0.325 e. The number of oxime groups is 1. The van der Waals surface area contributed by atoms with Gasteiger partial charge in [0.2, 0.25) is 0 Å². The summed E-state index contributed by atoms with van der Waals surface area (Å²) in [5.41, 5.74) is 1.23. The lowest BCUT2D eigenvalue weighted by atomic mass is 10.2. The zero-order chi connectivity index (χ0) is 14.8. The topological polar surface area (TPSA) is 100 Å². The van der Waals surface area contributed by atoms with Crippen molar-refractivity contribution in [3.8, 4) is 0 Å². The van der Waals surface area contributed by atoms with E-state index in [0.717, 1.165) is 0 Å². The summed E-state index contributed by atoms with van der Waals surface area (Å²) in [6, 6.07) is 6.06. The van der Waals surface area contributed by atoms with Crippen molar-refractivity contribution in [2.75, 3.05) is 18.5 Å². The van der Waals surface area contributed by atoms with Crippen molar-refractivity contribution >= 4 is 23.9 Å². The minimum Gasteiger partial charge on any atom is -0.460 e. The number of carbonyl (C=O) groups excluding carboxylic acids is 2. The summed E-state index contributed by atoms with van der Waals surface area (Å²) in [4.78, 5) is 22.6. The van der Waals surface area contributed by atoms with E-state index in [4.69, 9.17) is 9.94 Å². The van der Waals surface area contributed by atoms with Gasteiger partial charge in [-0.2, -0.15) is 0 Å². The Morgan fingerprint density at radius 3 is 2.65 bits per heavy atom. The first kappa shape index (κ1) is 15.2. The van der Waals surface area contributed by atoms with Crippen molar-refractivity contribution in [1.29, 1.82) is 0 Å². The molecule has 3 N–H and O–H groups in total. The molecular formula is C13H15N3O4. The van der Waals surface area contributed by atoms with E-state index in [1.54, 1.807) is 24.3 Å². The summed E-state index contributed by atoms with van der Waals surface area (Å²) >= 11 is 0. The van der Waals surface area contributed by atoms with Gasteiger partial charge in [0, 0.05) is 5.69 Å². The van der Waals surface area contributed by atoms with Crippen molar-refractivity contribution < 1.29 is 19.5 Å². The number of hydrogen-bond acceptors (Lipinski definition) is 5. The molecule has 0 saturated heterocycles. The van der Waals surface area contributed by atoms with Gasteiger partial charge in [-0.3, -0.25) is 4.79 Å². The van der Waals surface area contributed by atoms with E-state index >= 15 is 0 Å². The van der Waals surface area contributed by atoms with Crippen LogP contribution in [0.15, 0.2) is 42.1 Å². The highest BCUT2D eigenvalue weighted by Crippen LogP contribution is 2.07. The van der Waals surface area contributed by atoms with Crippen molar-refractivity contribution in [1.82, 2.24) is 5.32 Å². The van der Waals surface area contributed by atoms with Gasteiger partial charge in [0.1, 0.15) is 13.2 Å². The SMILES string of the molecule is C=CCOC(=O)CNC(=O)Nc1ccc(C=NO)cc1. The zero-order valence-corrected chi connectivity index (χ0v) is 10.7. The lowest BCUT2D eigenvalue weighted by Crippen LogP contribution is -2.34. The second-order valence-electron chi connectivity index (χ2n) is 3.65. The molecule has 0 unspecified atom stereocenters. The van der Waals surface area contributed by atoms with Crippen LogP contribution in [-0.4, -0.2) is 36.6 Å². The highest BCUT2D eigenvalue weighted by atomic mass is 16.5. The van der Waals surface area contributed by atoms with Crippen LogP contribution in [0.1, 0.15) is 5.56 Å². The van der Waals surface area contributed by atoms with E-state index in [-0.39, 0.29) is 13.2 Å². The fourth-order valence-electron chi connectivity index (χ4n) is 1.25. The average molecular weight is 277 g/mol. The molecule has 0 radical (unpaired) electrons. The van der Waals surface area contributed by atoms with Gasteiger partial charge in [0.25, 0.3) is 0 Å². The molecule has 2 amide bonds. The van der Waals surface area contributed by atoms with E-state index in [2.05, 4.69) is 22.4 Å². The van der Waals surface area contributed by atoms with E-state index in [9.17, 15) is 9.59 Å². The average Bonchev–Trinajstić information content (AvgIpc) is 2.45. The van der Waals surface area contributed by atoms with E-state index < -0.39 is 12.0 Å². The monoisotopic (exact) mass is 277 g/mol. The van der Waals surface area contributed by atoms with E-state index in [0.29, 0.717) is 11.3 Å². The predicted molar refractivity (Wildman–Crippen MR) is 74.0 cm³/mol. The molecule has 0 fully saturated rings. The molecule has 0 atom stereocenters. The van der Waals surface area contributed by atoms with Crippen LogP contribution in [0.25, 0.3) is 0 Å². The molecule has 106 valence electrons. The Bertz CT molecular complexity index is 497. The van der Waals surface area contributed by atoms with Crippen LogP contribution in [0.3, 0.4) is 0 Å². The predicted octanol–water partition coefficient (Wildman–Crippen LogP) is 1.35. The number of amides is 2. The lowest BCUT2D eigenvalue weighted by Gasteiger charge is -2.07. The third-order valence-corrected chi connectivity index (χ3v) is 2.13. The summed E-state index contributed by atoms with van der Waals surface area (Å²) in [7, 11) is 0. The van der Waals surface area contributed by atoms with Gasteiger partial charge >= 0.3 is 12.0 Å². The third-order valence-electron chi connectivity index (χ3n) is 2.13. The second kappa shape index (κ2) is 8.30. The van der Waals surface area contributed by atoms with E-state index in [1.807, 2.05) is 0 Å². The maximum atomic E-state index is 11.5. The molecule has 0 bridgehead atoms. The van der Waals surface area contributed by atoms with Crippen molar-refractivity contribution in [3.63, 3.8) is 0 Å². The zero-order valence-electron chi connectivity index (χ0n) is 10.7. The Morgan fingerprint density at radius 1 is 1.35 bits per heavy atom. The summed E-state index contributed by atoms with van der Waals surface area (Å²) in [5, 5.41) is 16.1.